The molecule has 0 aliphatic heterocycles. The Bertz CT molecular complexity index is 2580. The maximum atomic E-state index is 2.43. The Kier molecular flexibility index (Phi) is 7.22. The van der Waals surface area contributed by atoms with Gasteiger partial charge in [-0.2, -0.15) is 0 Å². The smallest absolute Gasteiger partial charge is 0.0546 e. The Morgan fingerprint density at radius 2 is 0.816 bits per heavy atom. The third-order valence-corrected chi connectivity index (χ3v) is 9.62. The molecule has 0 bridgehead atoms. The third kappa shape index (κ3) is 5.23. The fourth-order valence-electron chi connectivity index (χ4n) is 7.33. The lowest BCUT2D eigenvalue weighted by Crippen LogP contribution is -2.11. The van der Waals surface area contributed by atoms with E-state index in [2.05, 4.69) is 205 Å². The maximum absolute atomic E-state index is 2.43. The Hall–Kier alpha value is -6.44. The summed E-state index contributed by atoms with van der Waals surface area (Å²) < 4.78 is 0. The molecule has 49 heavy (non-hydrogen) atoms. The van der Waals surface area contributed by atoms with Crippen molar-refractivity contribution in [1.29, 1.82) is 0 Å². The minimum absolute atomic E-state index is 1.11. The fraction of sp³-hybridized carbons (Fsp3) is 0. The molecule has 9 aromatic rings. The summed E-state index contributed by atoms with van der Waals surface area (Å²) in [4.78, 5) is 2.43. The molecule has 0 saturated heterocycles. The normalized spacial score (nSPS) is 11.3. The molecule has 1 nitrogen and oxygen atoms in total. The van der Waals surface area contributed by atoms with Crippen LogP contribution in [0.25, 0.3) is 65.7 Å². The molecule has 0 spiro atoms. The second-order valence-corrected chi connectivity index (χ2v) is 12.5. The minimum Gasteiger partial charge on any atom is -0.310 e. The maximum Gasteiger partial charge on any atom is 0.0546 e. The molecule has 0 amide bonds. The van der Waals surface area contributed by atoms with Crippen molar-refractivity contribution in [3.8, 4) is 33.4 Å². The highest BCUT2D eigenvalue weighted by atomic mass is 15.1. The van der Waals surface area contributed by atoms with Crippen LogP contribution in [0.4, 0.5) is 17.1 Å². The summed E-state index contributed by atoms with van der Waals surface area (Å²) in [6.45, 7) is 0. The lowest BCUT2D eigenvalue weighted by atomic mass is 9.91. The van der Waals surface area contributed by atoms with Gasteiger partial charge in [0.1, 0.15) is 0 Å². The molecule has 0 aliphatic rings. The highest BCUT2D eigenvalue weighted by Gasteiger charge is 2.19. The van der Waals surface area contributed by atoms with Crippen LogP contribution >= 0.6 is 0 Å². The van der Waals surface area contributed by atoms with Gasteiger partial charge in [0, 0.05) is 16.8 Å². The molecule has 1 heteroatoms. The predicted molar refractivity (Wildman–Crippen MR) is 210 cm³/mol. The molecule has 230 valence electrons. The molecular weight excluding hydrogens is 591 g/mol. The summed E-state index contributed by atoms with van der Waals surface area (Å²) in [6, 6.07) is 72.5. The van der Waals surface area contributed by atoms with Gasteiger partial charge in [-0.3, -0.25) is 0 Å². The van der Waals surface area contributed by atoms with Gasteiger partial charge >= 0.3 is 0 Å². The third-order valence-electron chi connectivity index (χ3n) is 9.62. The number of fused-ring (bicyclic) bond motifs is 4. The van der Waals surface area contributed by atoms with E-state index in [9.17, 15) is 0 Å². The van der Waals surface area contributed by atoms with Crippen LogP contribution in [0, 0.1) is 0 Å². The van der Waals surface area contributed by atoms with Crippen molar-refractivity contribution >= 4 is 49.4 Å². The molecular formula is C48H33N. The zero-order valence-electron chi connectivity index (χ0n) is 27.0. The lowest BCUT2D eigenvalue weighted by Gasteiger charge is -2.28. The van der Waals surface area contributed by atoms with Crippen molar-refractivity contribution < 1.29 is 0 Å². The van der Waals surface area contributed by atoms with Crippen molar-refractivity contribution in [2.24, 2.45) is 0 Å². The van der Waals surface area contributed by atoms with Gasteiger partial charge in [-0.15, -0.1) is 0 Å². The Labute approximate surface area is 287 Å². The molecule has 0 unspecified atom stereocenters. The van der Waals surface area contributed by atoms with E-state index in [-0.39, 0.29) is 0 Å². The molecule has 0 heterocycles. The van der Waals surface area contributed by atoms with Gasteiger partial charge < -0.3 is 4.90 Å². The number of hydrogen-bond acceptors (Lipinski definition) is 1. The summed E-state index contributed by atoms with van der Waals surface area (Å²) in [7, 11) is 0. The Morgan fingerprint density at radius 3 is 1.55 bits per heavy atom. The average Bonchev–Trinajstić information content (AvgIpc) is 3.19. The van der Waals surface area contributed by atoms with Crippen molar-refractivity contribution in [1.82, 2.24) is 0 Å². The van der Waals surface area contributed by atoms with Crippen LogP contribution in [0.15, 0.2) is 200 Å². The molecule has 0 radical (unpaired) electrons. The first-order valence-corrected chi connectivity index (χ1v) is 16.9. The standard InChI is InChI=1S/C48H33N/c1-3-14-34(15-4-1)35-28-30-40(31-29-35)49(47-33-39-18-7-8-23-42(39)45-24-9-10-25-46(45)47)41-22-11-21-38(32-41)44-27-13-20-37-19-12-26-43(48(37)44)36-16-5-2-6-17-36/h1-33H. The summed E-state index contributed by atoms with van der Waals surface area (Å²) >= 11 is 0. The van der Waals surface area contributed by atoms with E-state index >= 15 is 0 Å². The quantitative estimate of drug-likeness (QED) is 0.167. The SMILES string of the molecule is c1ccc(-c2ccc(N(c3cccc(-c4cccc5cccc(-c6ccccc6)c45)c3)c3cc4ccccc4c4ccccc34)cc2)cc1. The molecule has 0 aromatic heterocycles. The molecule has 0 N–H and O–H groups in total. The van der Waals surface area contributed by atoms with Crippen LogP contribution in [-0.4, -0.2) is 0 Å². The van der Waals surface area contributed by atoms with Crippen molar-refractivity contribution in [2.45, 2.75) is 0 Å². The molecule has 9 rings (SSSR count). The highest BCUT2D eigenvalue weighted by Crippen LogP contribution is 2.44. The average molecular weight is 624 g/mol. The largest absolute Gasteiger partial charge is 0.310 e. The van der Waals surface area contributed by atoms with Crippen molar-refractivity contribution in [3.63, 3.8) is 0 Å². The van der Waals surface area contributed by atoms with Crippen LogP contribution in [0.5, 0.6) is 0 Å². The van der Waals surface area contributed by atoms with Crippen LogP contribution < -0.4 is 4.90 Å². The monoisotopic (exact) mass is 623 g/mol. The van der Waals surface area contributed by atoms with E-state index in [0.29, 0.717) is 0 Å². The van der Waals surface area contributed by atoms with Crippen LogP contribution in [0.1, 0.15) is 0 Å². The number of benzene rings is 9. The zero-order valence-corrected chi connectivity index (χ0v) is 27.0. The first-order chi connectivity index (χ1) is 24.3. The molecule has 0 atom stereocenters. The van der Waals surface area contributed by atoms with Gasteiger partial charge in [-0.1, -0.05) is 170 Å². The van der Waals surface area contributed by atoms with Crippen LogP contribution in [-0.2, 0) is 0 Å². The minimum atomic E-state index is 1.11. The van der Waals surface area contributed by atoms with Gasteiger partial charge in [0.05, 0.1) is 5.69 Å². The number of rotatable bonds is 6. The molecule has 0 fully saturated rings. The zero-order chi connectivity index (χ0) is 32.6. The van der Waals surface area contributed by atoms with E-state index in [1.807, 2.05) is 0 Å². The van der Waals surface area contributed by atoms with Crippen molar-refractivity contribution in [2.75, 3.05) is 4.90 Å². The van der Waals surface area contributed by atoms with Gasteiger partial charge in [0.15, 0.2) is 0 Å². The van der Waals surface area contributed by atoms with Gasteiger partial charge in [0.25, 0.3) is 0 Å². The van der Waals surface area contributed by atoms with E-state index in [1.165, 1.54) is 65.7 Å². The lowest BCUT2D eigenvalue weighted by molar-refractivity contribution is 1.30. The summed E-state index contributed by atoms with van der Waals surface area (Å²) in [5.41, 5.74) is 10.7. The second-order valence-electron chi connectivity index (χ2n) is 12.5. The molecule has 9 aromatic carbocycles. The first-order valence-electron chi connectivity index (χ1n) is 16.9. The topological polar surface area (TPSA) is 3.24 Å². The van der Waals surface area contributed by atoms with Gasteiger partial charge in [-0.25, -0.2) is 0 Å². The van der Waals surface area contributed by atoms with Crippen LogP contribution in [0.3, 0.4) is 0 Å². The first kappa shape index (κ1) is 28.8. The number of nitrogens with zero attached hydrogens (tertiary/aromatic N) is 1. The molecule has 0 saturated carbocycles. The Balaban J connectivity index is 1.27. The number of hydrogen-bond donors (Lipinski definition) is 0. The van der Waals surface area contributed by atoms with Crippen molar-refractivity contribution in [3.05, 3.63) is 200 Å². The second kappa shape index (κ2) is 12.3. The highest BCUT2D eigenvalue weighted by molar-refractivity contribution is 6.15. The fourth-order valence-corrected chi connectivity index (χ4v) is 7.33. The van der Waals surface area contributed by atoms with Crippen LogP contribution in [0.2, 0.25) is 0 Å². The Morgan fingerprint density at radius 1 is 0.286 bits per heavy atom. The summed E-state index contributed by atoms with van der Waals surface area (Å²) in [5.74, 6) is 0. The van der Waals surface area contributed by atoms with Gasteiger partial charge in [-0.05, 0) is 90.6 Å². The van der Waals surface area contributed by atoms with E-state index in [0.717, 1.165) is 17.1 Å². The predicted octanol–water partition coefficient (Wildman–Crippen LogP) is 13.6. The van der Waals surface area contributed by atoms with Gasteiger partial charge in [0.2, 0.25) is 0 Å². The molecule has 0 aliphatic carbocycles. The summed E-state index contributed by atoms with van der Waals surface area (Å²) in [6.07, 6.45) is 0. The van der Waals surface area contributed by atoms with E-state index in [1.54, 1.807) is 0 Å². The van der Waals surface area contributed by atoms with E-state index < -0.39 is 0 Å². The summed E-state index contributed by atoms with van der Waals surface area (Å²) in [5, 5.41) is 7.45. The van der Waals surface area contributed by atoms with E-state index in [4.69, 9.17) is 0 Å². The number of anilines is 3.